The number of unbranched alkanes of at least 4 members (excludes halogenated alkanes) is 2. The Kier molecular flexibility index (Phi) is 13.5. The molecule has 0 fully saturated rings. The highest BCUT2D eigenvalue weighted by Gasteiger charge is 2.17. The van der Waals surface area contributed by atoms with Crippen LogP contribution in [0.4, 0.5) is 23.0 Å². The average molecular weight is 787 g/mol. The lowest BCUT2D eigenvalue weighted by atomic mass is 10.1. The van der Waals surface area contributed by atoms with Crippen molar-refractivity contribution in [3.8, 4) is 5.75 Å². The predicted octanol–water partition coefficient (Wildman–Crippen LogP) is 6.27. The lowest BCUT2D eigenvalue weighted by Gasteiger charge is -2.13. The number of thioether (sulfide) groups is 2. The molecule has 1 aromatic heterocycles. The van der Waals surface area contributed by atoms with Gasteiger partial charge in [0.15, 0.2) is 10.3 Å². The molecule has 0 aliphatic rings. The molecule has 0 aliphatic heterocycles. The third kappa shape index (κ3) is 12.4. The summed E-state index contributed by atoms with van der Waals surface area (Å²) in [7, 11) is -11.2. The summed E-state index contributed by atoms with van der Waals surface area (Å²) in [6, 6.07) is 12.9. The van der Waals surface area contributed by atoms with Gasteiger partial charge in [0.25, 0.3) is 30.4 Å². The van der Waals surface area contributed by atoms with E-state index >= 15 is 0 Å². The van der Waals surface area contributed by atoms with Crippen LogP contribution in [-0.2, 0) is 30.4 Å². The smallest absolute Gasteiger partial charge is 0.295 e. The van der Waals surface area contributed by atoms with E-state index < -0.39 is 30.4 Å². The van der Waals surface area contributed by atoms with Gasteiger partial charge in [0.05, 0.1) is 35.7 Å². The first-order valence-electron chi connectivity index (χ1n) is 14.8. The van der Waals surface area contributed by atoms with Gasteiger partial charge in [-0.05, 0) is 61.8 Å². The van der Waals surface area contributed by atoms with Crippen molar-refractivity contribution in [1.29, 1.82) is 0 Å². The first kappa shape index (κ1) is 39.3. The lowest BCUT2D eigenvalue weighted by molar-refractivity contribution is 0.417. The number of anilines is 2. The topological polar surface area (TPSA) is 248 Å². The van der Waals surface area contributed by atoms with E-state index in [9.17, 15) is 29.8 Å². The molecule has 0 aliphatic carbocycles. The number of nitrogens with zero attached hydrogens (tertiary/aromatic N) is 5. The van der Waals surface area contributed by atoms with Gasteiger partial charge in [0.1, 0.15) is 10.6 Å². The first-order valence-corrected chi connectivity index (χ1v) is 21.4. The van der Waals surface area contributed by atoms with Gasteiger partial charge in [-0.3, -0.25) is 13.7 Å². The van der Waals surface area contributed by atoms with E-state index in [0.29, 0.717) is 68.1 Å². The van der Waals surface area contributed by atoms with Gasteiger partial charge in [0, 0.05) is 23.0 Å². The molecule has 4 rings (SSSR count). The van der Waals surface area contributed by atoms with Crippen molar-refractivity contribution in [1.82, 2.24) is 15.0 Å². The van der Waals surface area contributed by atoms with Crippen LogP contribution in [0.1, 0.15) is 31.2 Å². The molecule has 21 heteroatoms. The molecule has 1 heterocycles. The van der Waals surface area contributed by atoms with Crippen LogP contribution in [0.3, 0.4) is 0 Å². The Morgan fingerprint density at radius 1 is 0.780 bits per heavy atom. The van der Waals surface area contributed by atoms with E-state index in [4.69, 9.17) is 13.8 Å². The normalized spacial score (nSPS) is 12.5. The monoisotopic (exact) mass is 786 g/mol. The minimum Gasteiger partial charge on any atom is -0.494 e. The molecule has 0 bridgehead atoms. The molecular weight excluding hydrogens is 753 g/mol. The van der Waals surface area contributed by atoms with Crippen molar-refractivity contribution in [2.45, 2.75) is 47.8 Å². The molecule has 16 nitrogen and oxygen atoms in total. The number of hydrogen-bond donors (Lipinski definition) is 4. The Hall–Kier alpha value is -3.44. The average Bonchev–Trinajstić information content (AvgIpc) is 3.02. The fourth-order valence-corrected chi connectivity index (χ4v) is 8.03. The van der Waals surface area contributed by atoms with Gasteiger partial charge in [-0.1, -0.05) is 47.8 Å². The number of benzene rings is 3. The third-order valence-corrected chi connectivity index (χ3v) is 11.1. The van der Waals surface area contributed by atoms with E-state index in [0.717, 1.165) is 0 Å². The molecule has 4 aromatic rings. The molecule has 0 spiro atoms. The zero-order chi connectivity index (χ0) is 36.5. The molecule has 4 N–H and O–H groups in total. The second kappa shape index (κ2) is 17.2. The third-order valence-electron chi connectivity index (χ3n) is 6.77. The summed E-state index contributed by atoms with van der Waals surface area (Å²) in [5.74, 6) is 0.725. The van der Waals surface area contributed by atoms with E-state index in [1.807, 2.05) is 0 Å². The van der Waals surface area contributed by atoms with Gasteiger partial charge in [0.2, 0.25) is 5.95 Å². The summed E-state index contributed by atoms with van der Waals surface area (Å²) in [6.45, 7) is 1.78. The SMILES string of the molecule is COc1cc(N=Nc2cc(S(=O)(=O)O)c3ccccc3c2)c(C)cc1Nc1nc(SCCCCS(=O)(=O)O)nc(SCCCCS(=O)(=O)O)n1. The summed E-state index contributed by atoms with van der Waals surface area (Å²) in [5, 5.41) is 13.2. The zero-order valence-corrected chi connectivity index (χ0v) is 30.8. The summed E-state index contributed by atoms with van der Waals surface area (Å²) in [6.07, 6.45) is 1.44. The predicted molar refractivity (Wildman–Crippen MR) is 192 cm³/mol. The maximum atomic E-state index is 12.0. The number of aryl methyl sites for hydroxylation is 1. The van der Waals surface area contributed by atoms with Gasteiger partial charge < -0.3 is 10.1 Å². The lowest BCUT2D eigenvalue weighted by Crippen LogP contribution is -2.05. The largest absolute Gasteiger partial charge is 0.494 e. The van der Waals surface area contributed by atoms with Gasteiger partial charge in [-0.25, -0.2) is 0 Å². The minimum absolute atomic E-state index is 0.168. The highest BCUT2D eigenvalue weighted by molar-refractivity contribution is 7.99. The van der Waals surface area contributed by atoms with Gasteiger partial charge >= 0.3 is 0 Å². The molecule has 0 amide bonds. The van der Waals surface area contributed by atoms with E-state index in [1.165, 1.54) is 36.7 Å². The summed E-state index contributed by atoms with van der Waals surface area (Å²) >= 11 is 2.53. The second-order valence-corrected chi connectivity index (χ2v) is 17.4. The Labute approximate surface area is 298 Å². The molecule has 0 atom stereocenters. The first-order chi connectivity index (χ1) is 23.5. The van der Waals surface area contributed by atoms with Crippen molar-refractivity contribution in [3.63, 3.8) is 0 Å². The molecule has 0 saturated heterocycles. The molecule has 50 heavy (non-hydrogen) atoms. The Bertz CT molecular complexity index is 2140. The fraction of sp³-hybridized carbons (Fsp3) is 0.345. The van der Waals surface area contributed by atoms with Crippen molar-refractivity contribution in [2.24, 2.45) is 10.2 Å². The highest BCUT2D eigenvalue weighted by Crippen LogP contribution is 2.36. The summed E-state index contributed by atoms with van der Waals surface area (Å²) in [5.41, 5.74) is 1.74. The number of methoxy groups -OCH3 is 1. The number of nitrogens with one attached hydrogen (secondary N) is 1. The summed E-state index contributed by atoms with van der Waals surface area (Å²) in [4.78, 5) is 13.1. The molecule has 0 saturated carbocycles. The van der Waals surface area contributed by atoms with Crippen LogP contribution in [0.15, 0.2) is 74.0 Å². The van der Waals surface area contributed by atoms with Crippen LogP contribution in [0.25, 0.3) is 10.8 Å². The van der Waals surface area contributed by atoms with Crippen LogP contribution in [0, 0.1) is 6.92 Å². The van der Waals surface area contributed by atoms with Gasteiger partial charge in [-0.2, -0.15) is 50.4 Å². The van der Waals surface area contributed by atoms with Crippen molar-refractivity contribution >= 4 is 87.7 Å². The second-order valence-electron chi connectivity index (χ2n) is 10.7. The van der Waals surface area contributed by atoms with Gasteiger partial charge in [-0.15, -0.1) is 0 Å². The maximum absolute atomic E-state index is 12.0. The number of hydrogen-bond acceptors (Lipinski definition) is 15. The molecular formula is C29H34N6O10S5. The van der Waals surface area contributed by atoms with Crippen molar-refractivity contribution in [3.05, 3.63) is 54.1 Å². The molecule has 0 radical (unpaired) electrons. The van der Waals surface area contributed by atoms with E-state index in [2.05, 4.69) is 30.5 Å². The molecule has 0 unspecified atom stereocenters. The fourth-order valence-electron chi connectivity index (χ4n) is 4.44. The zero-order valence-electron chi connectivity index (χ0n) is 26.8. The Morgan fingerprint density at radius 2 is 1.38 bits per heavy atom. The number of fused-ring (bicyclic) bond motifs is 1. The van der Waals surface area contributed by atoms with E-state index in [1.54, 1.807) is 49.4 Å². The Balaban J connectivity index is 1.56. The molecule has 3 aromatic carbocycles. The van der Waals surface area contributed by atoms with Crippen LogP contribution in [0.5, 0.6) is 5.75 Å². The van der Waals surface area contributed by atoms with E-state index in [-0.39, 0.29) is 40.9 Å². The minimum atomic E-state index is -4.53. The maximum Gasteiger partial charge on any atom is 0.295 e. The van der Waals surface area contributed by atoms with Crippen LogP contribution in [0.2, 0.25) is 0 Å². The number of azo groups is 1. The quantitative estimate of drug-likeness (QED) is 0.0376. The number of ether oxygens (including phenoxy) is 1. The number of rotatable bonds is 18. The van der Waals surface area contributed by atoms with Crippen molar-refractivity contribution in [2.75, 3.05) is 35.4 Å². The summed E-state index contributed by atoms with van der Waals surface area (Å²) < 4.78 is 102. The highest BCUT2D eigenvalue weighted by atomic mass is 32.2. The standard InChI is InChI=1S/C29H34N6O10S5/c1-19-15-24(25(45-2)18-23(19)35-34-21-16-20-9-3-4-10-22(20)26(17-21)50(42,43)44)30-27-31-28(46-11-5-7-13-48(36,37)38)33-29(32-27)47-12-6-8-14-49(39,40)41/h3-4,9-10,15-18H,5-8,11-14H2,1-2H3,(H,36,37,38)(H,39,40,41)(H,42,43,44)(H,30,31,32,33). The Morgan fingerprint density at radius 3 is 1.94 bits per heavy atom. The van der Waals surface area contributed by atoms with Crippen molar-refractivity contribution < 1.29 is 43.6 Å². The van der Waals surface area contributed by atoms with Crippen LogP contribution in [-0.4, -0.2) is 84.0 Å². The van der Waals surface area contributed by atoms with Crippen LogP contribution >= 0.6 is 23.5 Å². The van der Waals surface area contributed by atoms with Crippen LogP contribution < -0.4 is 10.1 Å². The molecule has 270 valence electrons. The number of aromatic nitrogens is 3.